The number of rotatable bonds is 2. The van der Waals surface area contributed by atoms with E-state index < -0.39 is 0 Å². The second-order valence-electron chi connectivity index (χ2n) is 4.44. The van der Waals surface area contributed by atoms with Crippen LogP contribution in [0.5, 0.6) is 0 Å². The van der Waals surface area contributed by atoms with Gasteiger partial charge in [-0.05, 0) is 24.5 Å². The van der Waals surface area contributed by atoms with Gasteiger partial charge in [0.05, 0.1) is 5.56 Å². The van der Waals surface area contributed by atoms with Crippen LogP contribution in [-0.2, 0) is 0 Å². The second kappa shape index (κ2) is 4.56. The number of carbonyl (C=O) groups is 1. The highest BCUT2D eigenvalue weighted by atomic mass is 16.2. The van der Waals surface area contributed by atoms with Gasteiger partial charge in [0.15, 0.2) is 0 Å². The molecule has 0 aliphatic carbocycles. The molecule has 1 atom stereocenters. The number of carbonyl (C=O) groups excluding carboxylic acids is 1. The zero-order valence-electron chi connectivity index (χ0n) is 9.86. The minimum Gasteiger partial charge on any atom is -0.387 e. The molecule has 86 valence electrons. The lowest BCUT2D eigenvalue weighted by Crippen LogP contribution is -2.29. The number of para-hydroxylation sites is 1. The Labute approximate surface area is 96.5 Å². The third-order valence-electron chi connectivity index (χ3n) is 3.14. The van der Waals surface area contributed by atoms with Gasteiger partial charge in [-0.25, -0.2) is 0 Å². The van der Waals surface area contributed by atoms with Crippen molar-refractivity contribution in [2.75, 3.05) is 25.5 Å². The van der Waals surface area contributed by atoms with E-state index in [1.165, 1.54) is 0 Å². The fraction of sp³-hybridized carbons (Fsp3) is 0.462. The molecule has 1 aromatic carbocycles. The molecule has 1 aliphatic heterocycles. The van der Waals surface area contributed by atoms with Gasteiger partial charge >= 0.3 is 0 Å². The zero-order chi connectivity index (χ0) is 11.5. The maximum atomic E-state index is 12.3. The topological polar surface area (TPSA) is 32.3 Å². The molecule has 0 aromatic heterocycles. The zero-order valence-corrected chi connectivity index (χ0v) is 9.86. The lowest BCUT2D eigenvalue weighted by Gasteiger charge is -2.17. The number of amides is 1. The van der Waals surface area contributed by atoms with Crippen molar-refractivity contribution in [3.63, 3.8) is 0 Å². The Morgan fingerprint density at radius 2 is 2.19 bits per heavy atom. The predicted molar refractivity (Wildman–Crippen MR) is 65.7 cm³/mol. The van der Waals surface area contributed by atoms with Crippen LogP contribution < -0.4 is 5.32 Å². The number of benzene rings is 1. The first kappa shape index (κ1) is 11.0. The van der Waals surface area contributed by atoms with E-state index >= 15 is 0 Å². The monoisotopic (exact) mass is 218 g/mol. The summed E-state index contributed by atoms with van der Waals surface area (Å²) in [4.78, 5) is 14.2. The fourth-order valence-electron chi connectivity index (χ4n) is 2.18. The van der Waals surface area contributed by atoms with E-state index in [2.05, 4.69) is 12.2 Å². The molecule has 2 rings (SSSR count). The number of likely N-dealkylation sites (tertiary alicyclic amines) is 1. The normalized spacial score (nSPS) is 19.9. The van der Waals surface area contributed by atoms with E-state index in [4.69, 9.17) is 0 Å². The molecule has 0 saturated carbocycles. The lowest BCUT2D eigenvalue weighted by molar-refractivity contribution is 0.0789. The quantitative estimate of drug-likeness (QED) is 0.825. The van der Waals surface area contributed by atoms with E-state index in [0.29, 0.717) is 5.92 Å². The number of anilines is 1. The maximum Gasteiger partial charge on any atom is 0.255 e. The van der Waals surface area contributed by atoms with E-state index in [0.717, 1.165) is 30.8 Å². The first-order valence-electron chi connectivity index (χ1n) is 5.78. The summed E-state index contributed by atoms with van der Waals surface area (Å²) >= 11 is 0. The van der Waals surface area contributed by atoms with Crippen molar-refractivity contribution in [1.29, 1.82) is 0 Å². The Balaban J connectivity index is 2.20. The SMILES string of the molecule is CNc1ccccc1C(=O)N1CCC(C)C1. The maximum absolute atomic E-state index is 12.3. The third kappa shape index (κ3) is 2.03. The van der Waals surface area contributed by atoms with Crippen LogP contribution in [0.15, 0.2) is 24.3 Å². The average Bonchev–Trinajstić information content (AvgIpc) is 2.75. The summed E-state index contributed by atoms with van der Waals surface area (Å²) in [6.45, 7) is 3.96. The van der Waals surface area contributed by atoms with Gasteiger partial charge in [-0.3, -0.25) is 4.79 Å². The van der Waals surface area contributed by atoms with Gasteiger partial charge in [0.25, 0.3) is 5.91 Å². The summed E-state index contributed by atoms with van der Waals surface area (Å²) in [6, 6.07) is 7.67. The molecular formula is C13H18N2O. The highest BCUT2D eigenvalue weighted by Gasteiger charge is 2.25. The first-order chi connectivity index (χ1) is 7.72. The number of nitrogens with zero attached hydrogens (tertiary/aromatic N) is 1. The molecule has 1 aliphatic rings. The van der Waals surface area contributed by atoms with Crippen molar-refractivity contribution in [2.24, 2.45) is 5.92 Å². The van der Waals surface area contributed by atoms with Crippen LogP contribution in [-0.4, -0.2) is 30.9 Å². The van der Waals surface area contributed by atoms with Crippen LogP contribution in [0.2, 0.25) is 0 Å². The van der Waals surface area contributed by atoms with Crippen molar-refractivity contribution < 1.29 is 4.79 Å². The van der Waals surface area contributed by atoms with Gasteiger partial charge in [-0.15, -0.1) is 0 Å². The summed E-state index contributed by atoms with van der Waals surface area (Å²) in [5.74, 6) is 0.778. The molecule has 3 nitrogen and oxygen atoms in total. The summed E-state index contributed by atoms with van der Waals surface area (Å²) in [5.41, 5.74) is 1.69. The molecule has 1 fully saturated rings. The van der Waals surface area contributed by atoms with Crippen LogP contribution in [0.4, 0.5) is 5.69 Å². The minimum absolute atomic E-state index is 0.148. The van der Waals surface area contributed by atoms with E-state index in [-0.39, 0.29) is 5.91 Å². The van der Waals surface area contributed by atoms with Gasteiger partial charge in [0, 0.05) is 25.8 Å². The molecule has 0 radical (unpaired) electrons. The average molecular weight is 218 g/mol. The fourth-order valence-corrected chi connectivity index (χ4v) is 2.18. The molecule has 16 heavy (non-hydrogen) atoms. The van der Waals surface area contributed by atoms with Crippen LogP contribution in [0.1, 0.15) is 23.7 Å². The molecule has 0 bridgehead atoms. The van der Waals surface area contributed by atoms with Crippen LogP contribution in [0.3, 0.4) is 0 Å². The molecule has 3 heteroatoms. The molecule has 1 unspecified atom stereocenters. The van der Waals surface area contributed by atoms with Gasteiger partial charge < -0.3 is 10.2 Å². The van der Waals surface area contributed by atoms with E-state index in [9.17, 15) is 4.79 Å². The number of nitrogens with one attached hydrogen (secondary N) is 1. The third-order valence-corrected chi connectivity index (χ3v) is 3.14. The largest absolute Gasteiger partial charge is 0.387 e. The Morgan fingerprint density at radius 3 is 2.81 bits per heavy atom. The van der Waals surface area contributed by atoms with Crippen LogP contribution in [0, 0.1) is 5.92 Å². The van der Waals surface area contributed by atoms with Crippen molar-refractivity contribution in [3.05, 3.63) is 29.8 Å². The van der Waals surface area contributed by atoms with E-state index in [1.807, 2.05) is 36.2 Å². The smallest absolute Gasteiger partial charge is 0.255 e. The Kier molecular flexibility index (Phi) is 3.13. The van der Waals surface area contributed by atoms with Gasteiger partial charge in [-0.1, -0.05) is 19.1 Å². The summed E-state index contributed by atoms with van der Waals surface area (Å²) in [6.07, 6.45) is 1.12. The Morgan fingerprint density at radius 1 is 1.44 bits per heavy atom. The molecule has 1 aromatic rings. The van der Waals surface area contributed by atoms with Gasteiger partial charge in [0.2, 0.25) is 0 Å². The number of hydrogen-bond donors (Lipinski definition) is 1. The first-order valence-corrected chi connectivity index (χ1v) is 5.78. The molecule has 1 amide bonds. The highest BCUT2D eigenvalue weighted by Crippen LogP contribution is 2.21. The van der Waals surface area contributed by atoms with E-state index in [1.54, 1.807) is 0 Å². The minimum atomic E-state index is 0.148. The predicted octanol–water partition coefficient (Wildman–Crippen LogP) is 2.21. The van der Waals surface area contributed by atoms with Gasteiger partial charge in [0.1, 0.15) is 0 Å². The molecule has 1 saturated heterocycles. The molecular weight excluding hydrogens is 200 g/mol. The van der Waals surface area contributed by atoms with Crippen LogP contribution in [0.25, 0.3) is 0 Å². The lowest BCUT2D eigenvalue weighted by atomic mass is 10.1. The molecule has 0 spiro atoms. The molecule has 1 heterocycles. The van der Waals surface area contributed by atoms with Crippen molar-refractivity contribution in [2.45, 2.75) is 13.3 Å². The Hall–Kier alpha value is -1.51. The number of hydrogen-bond acceptors (Lipinski definition) is 2. The summed E-state index contributed by atoms with van der Waals surface area (Å²) in [5, 5.41) is 3.06. The van der Waals surface area contributed by atoms with Crippen molar-refractivity contribution in [3.8, 4) is 0 Å². The molecule has 1 N–H and O–H groups in total. The van der Waals surface area contributed by atoms with Crippen molar-refractivity contribution in [1.82, 2.24) is 4.90 Å². The summed E-state index contributed by atoms with van der Waals surface area (Å²) < 4.78 is 0. The van der Waals surface area contributed by atoms with Crippen LogP contribution >= 0.6 is 0 Å². The standard InChI is InChI=1S/C13H18N2O/c1-10-7-8-15(9-10)13(16)11-5-3-4-6-12(11)14-2/h3-6,10,14H,7-9H2,1-2H3. The Bertz CT molecular complexity index is 389. The van der Waals surface area contributed by atoms with Gasteiger partial charge in [-0.2, -0.15) is 0 Å². The summed E-state index contributed by atoms with van der Waals surface area (Å²) in [7, 11) is 1.85. The highest BCUT2D eigenvalue weighted by molar-refractivity contribution is 5.99. The second-order valence-corrected chi connectivity index (χ2v) is 4.44. The van der Waals surface area contributed by atoms with Crippen molar-refractivity contribution >= 4 is 11.6 Å².